The van der Waals surface area contributed by atoms with E-state index in [0.29, 0.717) is 34.1 Å². The van der Waals surface area contributed by atoms with E-state index >= 15 is 0 Å². The van der Waals surface area contributed by atoms with Gasteiger partial charge in [-0.3, -0.25) is 9.59 Å². The quantitative estimate of drug-likeness (QED) is 0.530. The summed E-state index contributed by atoms with van der Waals surface area (Å²) in [4.78, 5) is 28.0. The van der Waals surface area contributed by atoms with Crippen LogP contribution in [-0.4, -0.2) is 38.1 Å². The van der Waals surface area contributed by atoms with Crippen molar-refractivity contribution in [1.29, 1.82) is 0 Å². The summed E-state index contributed by atoms with van der Waals surface area (Å²) < 4.78 is 15.8. The Labute approximate surface area is 192 Å². The van der Waals surface area contributed by atoms with Crippen LogP contribution in [-0.2, 0) is 16.9 Å². The van der Waals surface area contributed by atoms with E-state index in [9.17, 15) is 14.7 Å². The molecule has 0 saturated heterocycles. The maximum Gasteiger partial charge on any atom is 0.264 e. The highest BCUT2D eigenvalue weighted by Crippen LogP contribution is 2.44. The zero-order chi connectivity index (χ0) is 23.6. The predicted molar refractivity (Wildman–Crippen MR) is 123 cm³/mol. The summed E-state index contributed by atoms with van der Waals surface area (Å²) in [6.45, 7) is 0.200. The zero-order valence-electron chi connectivity index (χ0n) is 18.7. The highest BCUT2D eigenvalue weighted by molar-refractivity contribution is 6.10. The van der Waals surface area contributed by atoms with Crippen molar-refractivity contribution in [2.75, 3.05) is 26.2 Å². The molecular formula is C26H25NO6. The van der Waals surface area contributed by atoms with Gasteiger partial charge in [0.15, 0.2) is 22.9 Å². The number of amides is 1. The number of methoxy groups -OCH3 is 3. The van der Waals surface area contributed by atoms with Gasteiger partial charge in [-0.25, -0.2) is 0 Å². The third-order valence-corrected chi connectivity index (χ3v) is 5.84. The number of ether oxygens (including phenoxy) is 3. The van der Waals surface area contributed by atoms with Crippen molar-refractivity contribution in [2.45, 2.75) is 18.6 Å². The molecule has 170 valence electrons. The lowest BCUT2D eigenvalue weighted by Crippen LogP contribution is -2.41. The van der Waals surface area contributed by atoms with Crippen molar-refractivity contribution in [1.82, 2.24) is 0 Å². The number of hydrogen-bond donors (Lipinski definition) is 1. The Morgan fingerprint density at radius 2 is 1.67 bits per heavy atom. The molecule has 0 bridgehead atoms. The number of hydrogen-bond acceptors (Lipinski definition) is 6. The molecule has 33 heavy (non-hydrogen) atoms. The van der Waals surface area contributed by atoms with Crippen LogP contribution in [0.3, 0.4) is 0 Å². The lowest BCUT2D eigenvalue weighted by Gasteiger charge is -2.23. The number of carbonyl (C=O) groups is 2. The van der Waals surface area contributed by atoms with Crippen LogP contribution in [0.1, 0.15) is 27.9 Å². The molecule has 3 aromatic rings. The number of rotatable bonds is 8. The second-order valence-corrected chi connectivity index (χ2v) is 7.79. The van der Waals surface area contributed by atoms with E-state index in [4.69, 9.17) is 14.2 Å². The van der Waals surface area contributed by atoms with Crippen molar-refractivity contribution in [3.8, 4) is 17.2 Å². The Kier molecular flexibility index (Phi) is 6.07. The minimum absolute atomic E-state index is 0.200. The fourth-order valence-corrected chi connectivity index (χ4v) is 4.13. The van der Waals surface area contributed by atoms with Gasteiger partial charge in [-0.05, 0) is 35.9 Å². The molecule has 0 saturated carbocycles. The van der Waals surface area contributed by atoms with E-state index in [0.717, 1.165) is 5.56 Å². The van der Waals surface area contributed by atoms with Crippen LogP contribution in [0.2, 0.25) is 0 Å². The molecule has 4 rings (SSSR count). The van der Waals surface area contributed by atoms with Crippen LogP contribution in [0.15, 0.2) is 66.7 Å². The molecule has 1 atom stereocenters. The zero-order valence-corrected chi connectivity index (χ0v) is 18.7. The number of fused-ring (bicyclic) bond motifs is 1. The van der Waals surface area contributed by atoms with Crippen LogP contribution in [0.25, 0.3) is 0 Å². The third-order valence-electron chi connectivity index (χ3n) is 5.84. The maximum absolute atomic E-state index is 13.5. The second-order valence-electron chi connectivity index (χ2n) is 7.79. The normalized spacial score (nSPS) is 17.0. The van der Waals surface area contributed by atoms with Gasteiger partial charge in [0.05, 0.1) is 40.0 Å². The first-order valence-electron chi connectivity index (χ1n) is 10.4. The van der Waals surface area contributed by atoms with Gasteiger partial charge in [0.25, 0.3) is 5.91 Å². The summed E-state index contributed by atoms with van der Waals surface area (Å²) in [5.41, 5.74) is 0.170. The van der Waals surface area contributed by atoms with Gasteiger partial charge in [-0.2, -0.15) is 0 Å². The number of aliphatic hydroxyl groups is 1. The molecule has 1 aliphatic heterocycles. The first kappa shape index (κ1) is 22.4. The fourth-order valence-electron chi connectivity index (χ4n) is 4.13. The van der Waals surface area contributed by atoms with Crippen molar-refractivity contribution in [3.63, 3.8) is 0 Å². The monoisotopic (exact) mass is 447 g/mol. The molecule has 0 aromatic heterocycles. The minimum Gasteiger partial charge on any atom is -0.497 e. The third kappa shape index (κ3) is 4.03. The standard InChI is InChI=1S/C26H25NO6/c1-31-19-8-6-7-18(14-19)22(28)15-26(30)20-9-4-5-10-21(20)27(25(26)29)16-17-11-12-23(32-2)24(13-17)33-3/h4-14,30H,15-16H2,1-3H3/t26-/m0/s1. The van der Waals surface area contributed by atoms with E-state index in [1.165, 1.54) is 12.0 Å². The molecular weight excluding hydrogens is 422 g/mol. The smallest absolute Gasteiger partial charge is 0.264 e. The average molecular weight is 447 g/mol. The van der Waals surface area contributed by atoms with Crippen molar-refractivity contribution in [3.05, 3.63) is 83.4 Å². The van der Waals surface area contributed by atoms with Gasteiger partial charge in [-0.15, -0.1) is 0 Å². The average Bonchev–Trinajstić information content (AvgIpc) is 3.05. The molecule has 1 amide bonds. The first-order chi connectivity index (χ1) is 15.9. The maximum atomic E-state index is 13.5. The van der Waals surface area contributed by atoms with Crippen molar-refractivity contribution in [2.24, 2.45) is 0 Å². The molecule has 0 unspecified atom stereocenters. The van der Waals surface area contributed by atoms with Crippen molar-refractivity contribution >= 4 is 17.4 Å². The Morgan fingerprint density at radius 1 is 0.909 bits per heavy atom. The van der Waals surface area contributed by atoms with Crippen LogP contribution in [0, 0.1) is 0 Å². The van der Waals surface area contributed by atoms with E-state index in [-0.39, 0.29) is 18.7 Å². The molecule has 1 N–H and O–H groups in total. The Balaban J connectivity index is 1.66. The van der Waals surface area contributed by atoms with Gasteiger partial charge in [0.1, 0.15) is 5.75 Å². The van der Waals surface area contributed by atoms with Gasteiger partial charge in [-0.1, -0.05) is 36.4 Å². The highest BCUT2D eigenvalue weighted by Gasteiger charge is 2.50. The predicted octanol–water partition coefficient (Wildman–Crippen LogP) is 3.72. The number of benzene rings is 3. The number of anilines is 1. The summed E-state index contributed by atoms with van der Waals surface area (Å²) in [5, 5.41) is 11.5. The Hall–Kier alpha value is -3.84. The highest BCUT2D eigenvalue weighted by atomic mass is 16.5. The Bertz CT molecular complexity index is 1210. The molecule has 1 heterocycles. The summed E-state index contributed by atoms with van der Waals surface area (Å²) in [6, 6.07) is 19.0. The van der Waals surface area contributed by atoms with E-state index in [2.05, 4.69) is 0 Å². The number of ketones is 1. The number of nitrogens with zero attached hydrogens (tertiary/aromatic N) is 1. The van der Waals surface area contributed by atoms with Gasteiger partial charge >= 0.3 is 0 Å². The summed E-state index contributed by atoms with van der Waals surface area (Å²) >= 11 is 0. The fraction of sp³-hybridized carbons (Fsp3) is 0.231. The molecule has 0 fully saturated rings. The van der Waals surface area contributed by atoms with E-state index in [1.807, 2.05) is 6.07 Å². The summed E-state index contributed by atoms with van der Waals surface area (Å²) in [7, 11) is 4.61. The first-order valence-corrected chi connectivity index (χ1v) is 10.4. The number of para-hydroxylation sites is 1. The van der Waals surface area contributed by atoms with E-state index in [1.54, 1.807) is 74.9 Å². The Morgan fingerprint density at radius 3 is 2.39 bits per heavy atom. The lowest BCUT2D eigenvalue weighted by atomic mass is 9.88. The van der Waals surface area contributed by atoms with Gasteiger partial charge < -0.3 is 24.2 Å². The largest absolute Gasteiger partial charge is 0.497 e. The van der Waals surface area contributed by atoms with Crippen LogP contribution in [0.4, 0.5) is 5.69 Å². The molecule has 7 heteroatoms. The SMILES string of the molecule is COc1cccc(C(=O)C[C@@]2(O)C(=O)N(Cc3ccc(OC)c(OC)c3)c3ccccc32)c1. The molecule has 0 radical (unpaired) electrons. The molecule has 7 nitrogen and oxygen atoms in total. The molecule has 1 aliphatic rings. The summed E-state index contributed by atoms with van der Waals surface area (Å²) in [6.07, 6.45) is -0.377. The molecule has 0 aliphatic carbocycles. The van der Waals surface area contributed by atoms with Crippen LogP contribution >= 0.6 is 0 Å². The molecule has 3 aromatic carbocycles. The van der Waals surface area contributed by atoms with E-state index < -0.39 is 11.5 Å². The van der Waals surface area contributed by atoms with Gasteiger partial charge in [0.2, 0.25) is 0 Å². The lowest BCUT2D eigenvalue weighted by molar-refractivity contribution is -0.136. The topological polar surface area (TPSA) is 85.3 Å². The summed E-state index contributed by atoms with van der Waals surface area (Å²) in [5.74, 6) is 0.747. The van der Waals surface area contributed by atoms with Crippen LogP contribution < -0.4 is 19.1 Å². The number of carbonyl (C=O) groups excluding carboxylic acids is 2. The molecule has 0 spiro atoms. The minimum atomic E-state index is -1.96. The van der Waals surface area contributed by atoms with Crippen LogP contribution in [0.5, 0.6) is 17.2 Å². The number of Topliss-reactive ketones (excluding diaryl/α,β-unsaturated/α-hetero) is 1. The van der Waals surface area contributed by atoms with Crippen molar-refractivity contribution < 1.29 is 28.9 Å². The van der Waals surface area contributed by atoms with Gasteiger partial charge in [0, 0.05) is 11.1 Å². The second kappa shape index (κ2) is 8.96.